The van der Waals surface area contributed by atoms with Gasteiger partial charge in [-0.1, -0.05) is 12.1 Å². The van der Waals surface area contributed by atoms with E-state index in [2.05, 4.69) is 6.58 Å². The molecule has 1 aliphatic heterocycles. The Labute approximate surface area is 134 Å². The Kier molecular flexibility index (Phi) is 5.74. The first-order chi connectivity index (χ1) is 10.6. The smallest absolute Gasteiger partial charge is 0.257 e. The second kappa shape index (κ2) is 7.56. The SMILES string of the molecule is C=CCc1cc(CC2SCC(=O)N2OCC)cc(OC)c1O. The van der Waals surface area contributed by atoms with Gasteiger partial charge in [-0.05, 0) is 25.0 Å². The van der Waals surface area contributed by atoms with E-state index in [1.807, 2.05) is 13.0 Å². The molecule has 1 heterocycles. The fourth-order valence-electron chi connectivity index (χ4n) is 2.41. The minimum atomic E-state index is -0.0571. The summed E-state index contributed by atoms with van der Waals surface area (Å²) >= 11 is 1.56. The number of hydroxylamine groups is 2. The van der Waals surface area contributed by atoms with Crippen molar-refractivity contribution < 1.29 is 19.5 Å². The van der Waals surface area contributed by atoms with Crippen LogP contribution in [-0.2, 0) is 22.5 Å². The average molecular weight is 323 g/mol. The van der Waals surface area contributed by atoms with E-state index in [0.29, 0.717) is 31.0 Å². The van der Waals surface area contributed by atoms with E-state index >= 15 is 0 Å². The fourth-order valence-corrected chi connectivity index (χ4v) is 3.50. The van der Waals surface area contributed by atoms with Crippen LogP contribution in [-0.4, -0.2) is 40.9 Å². The lowest BCUT2D eigenvalue weighted by Gasteiger charge is -2.22. The Morgan fingerprint density at radius 3 is 2.95 bits per heavy atom. The van der Waals surface area contributed by atoms with E-state index in [1.165, 1.54) is 12.2 Å². The maximum absolute atomic E-state index is 11.8. The maximum atomic E-state index is 11.8. The van der Waals surface area contributed by atoms with Gasteiger partial charge in [-0.25, -0.2) is 5.06 Å². The zero-order valence-corrected chi connectivity index (χ0v) is 13.7. The van der Waals surface area contributed by atoms with Crippen LogP contribution < -0.4 is 4.74 Å². The van der Waals surface area contributed by atoms with E-state index in [0.717, 1.165) is 11.1 Å². The first-order valence-corrected chi connectivity index (χ1v) is 8.21. The number of carbonyl (C=O) groups excluding carboxylic acids is 1. The summed E-state index contributed by atoms with van der Waals surface area (Å²) in [5.74, 6) is 1.00. The molecule has 1 unspecified atom stereocenters. The lowest BCUT2D eigenvalue weighted by atomic mass is 10.0. The highest BCUT2D eigenvalue weighted by Gasteiger charge is 2.33. The summed E-state index contributed by atoms with van der Waals surface area (Å²) in [7, 11) is 1.52. The van der Waals surface area contributed by atoms with Gasteiger partial charge in [0.15, 0.2) is 11.5 Å². The van der Waals surface area contributed by atoms with Crippen molar-refractivity contribution in [1.29, 1.82) is 0 Å². The van der Waals surface area contributed by atoms with Gasteiger partial charge in [0.2, 0.25) is 0 Å². The van der Waals surface area contributed by atoms with Crippen molar-refractivity contribution in [2.24, 2.45) is 0 Å². The van der Waals surface area contributed by atoms with Crippen LogP contribution >= 0.6 is 11.8 Å². The molecule has 0 bridgehead atoms. The number of phenolic OH excluding ortho intramolecular Hbond substituents is 1. The fraction of sp³-hybridized carbons (Fsp3) is 0.438. The number of ether oxygens (including phenoxy) is 1. The number of methoxy groups -OCH3 is 1. The standard InChI is InChI=1S/C16H21NO4S/c1-4-6-12-7-11(8-13(20-3)16(12)19)9-15-17(21-5-2)14(18)10-22-15/h4,7-8,15,19H,1,5-6,9-10H2,2-3H3. The predicted octanol–water partition coefficient (Wildman–Crippen LogP) is 2.52. The normalized spacial score (nSPS) is 17.8. The van der Waals surface area contributed by atoms with E-state index in [4.69, 9.17) is 9.57 Å². The number of nitrogens with zero attached hydrogens (tertiary/aromatic N) is 1. The monoisotopic (exact) mass is 323 g/mol. The summed E-state index contributed by atoms with van der Waals surface area (Å²) in [6, 6.07) is 3.72. The van der Waals surface area contributed by atoms with Gasteiger partial charge in [0.05, 0.1) is 19.5 Å². The molecular formula is C16H21NO4S. The largest absolute Gasteiger partial charge is 0.504 e. The first-order valence-electron chi connectivity index (χ1n) is 7.16. The molecule has 22 heavy (non-hydrogen) atoms. The van der Waals surface area contributed by atoms with Crippen LogP contribution in [0, 0.1) is 0 Å². The van der Waals surface area contributed by atoms with Crippen LogP contribution in [0.3, 0.4) is 0 Å². The van der Waals surface area contributed by atoms with Crippen molar-refractivity contribution in [3.63, 3.8) is 0 Å². The number of amides is 1. The van der Waals surface area contributed by atoms with Gasteiger partial charge in [0.25, 0.3) is 5.91 Å². The summed E-state index contributed by atoms with van der Waals surface area (Å²) in [5, 5.41) is 11.5. The number of aromatic hydroxyl groups is 1. The second-order valence-corrected chi connectivity index (χ2v) is 6.07. The van der Waals surface area contributed by atoms with Crippen LogP contribution in [0.5, 0.6) is 11.5 Å². The third-order valence-corrected chi connectivity index (χ3v) is 4.54. The molecule has 0 radical (unpaired) electrons. The molecule has 2 rings (SSSR count). The van der Waals surface area contributed by atoms with E-state index < -0.39 is 0 Å². The van der Waals surface area contributed by atoms with E-state index in [9.17, 15) is 9.90 Å². The molecule has 1 aromatic carbocycles. The van der Waals surface area contributed by atoms with Crippen molar-refractivity contribution in [1.82, 2.24) is 5.06 Å². The first kappa shape index (κ1) is 16.7. The highest BCUT2D eigenvalue weighted by atomic mass is 32.2. The third-order valence-electron chi connectivity index (χ3n) is 3.38. The Morgan fingerprint density at radius 1 is 1.55 bits per heavy atom. The van der Waals surface area contributed by atoms with Crippen molar-refractivity contribution in [3.05, 3.63) is 35.9 Å². The molecule has 0 spiro atoms. The molecule has 0 aromatic heterocycles. The average Bonchev–Trinajstić information content (AvgIpc) is 2.84. The highest BCUT2D eigenvalue weighted by Crippen LogP contribution is 2.35. The highest BCUT2D eigenvalue weighted by molar-refractivity contribution is 8.00. The molecule has 120 valence electrons. The third kappa shape index (κ3) is 3.56. The van der Waals surface area contributed by atoms with Crippen LogP contribution in [0.1, 0.15) is 18.1 Å². The molecular weight excluding hydrogens is 302 g/mol. The van der Waals surface area contributed by atoms with Gasteiger partial charge in [-0.2, -0.15) is 0 Å². The molecule has 6 heteroatoms. The number of benzene rings is 1. The van der Waals surface area contributed by atoms with Gasteiger partial charge in [-0.3, -0.25) is 9.63 Å². The molecule has 1 N–H and O–H groups in total. The lowest BCUT2D eigenvalue weighted by Crippen LogP contribution is -2.34. The molecule has 1 fully saturated rings. The topological polar surface area (TPSA) is 59.0 Å². The van der Waals surface area contributed by atoms with Crippen LogP contribution in [0.2, 0.25) is 0 Å². The van der Waals surface area contributed by atoms with Crippen molar-refractivity contribution in [2.75, 3.05) is 19.5 Å². The molecule has 0 aliphatic carbocycles. The number of hydrogen-bond donors (Lipinski definition) is 1. The number of phenols is 1. The zero-order chi connectivity index (χ0) is 16.1. The number of allylic oxidation sites excluding steroid dienone is 1. The Hall–Kier alpha value is -1.66. The van der Waals surface area contributed by atoms with Crippen molar-refractivity contribution in [2.45, 2.75) is 25.1 Å². The van der Waals surface area contributed by atoms with Crippen LogP contribution in [0.25, 0.3) is 0 Å². The Bertz CT molecular complexity index is 561. The zero-order valence-electron chi connectivity index (χ0n) is 12.9. The minimum absolute atomic E-state index is 0.00564. The van der Waals surface area contributed by atoms with Crippen LogP contribution in [0.15, 0.2) is 24.8 Å². The Morgan fingerprint density at radius 2 is 2.32 bits per heavy atom. The number of hydrogen-bond acceptors (Lipinski definition) is 5. The van der Waals surface area contributed by atoms with Gasteiger partial charge in [0, 0.05) is 12.0 Å². The van der Waals surface area contributed by atoms with Crippen molar-refractivity contribution in [3.8, 4) is 11.5 Å². The summed E-state index contributed by atoms with van der Waals surface area (Å²) in [5.41, 5.74) is 1.75. The molecule has 0 saturated carbocycles. The number of thioether (sulfide) groups is 1. The minimum Gasteiger partial charge on any atom is -0.504 e. The quantitative estimate of drug-likeness (QED) is 0.781. The Balaban J connectivity index is 2.23. The molecule has 1 amide bonds. The van der Waals surface area contributed by atoms with Gasteiger partial charge >= 0.3 is 0 Å². The van der Waals surface area contributed by atoms with E-state index in [-0.39, 0.29) is 17.0 Å². The molecule has 1 saturated heterocycles. The van der Waals surface area contributed by atoms with E-state index in [1.54, 1.807) is 23.9 Å². The summed E-state index contributed by atoms with van der Waals surface area (Å²) < 4.78 is 5.23. The van der Waals surface area contributed by atoms with Gasteiger partial charge in [-0.15, -0.1) is 18.3 Å². The predicted molar refractivity (Wildman–Crippen MR) is 87.0 cm³/mol. The summed E-state index contributed by atoms with van der Waals surface area (Å²) in [6.45, 7) is 6.02. The van der Waals surface area contributed by atoms with Gasteiger partial charge in [0.1, 0.15) is 5.37 Å². The van der Waals surface area contributed by atoms with Gasteiger partial charge < -0.3 is 9.84 Å². The number of rotatable bonds is 7. The van der Waals surface area contributed by atoms with Crippen molar-refractivity contribution >= 4 is 17.7 Å². The summed E-state index contributed by atoms with van der Waals surface area (Å²) in [6.07, 6.45) is 2.93. The second-order valence-electron chi connectivity index (χ2n) is 4.91. The number of carbonyl (C=O) groups is 1. The summed E-state index contributed by atoms with van der Waals surface area (Å²) in [4.78, 5) is 17.2. The molecule has 1 atom stereocenters. The maximum Gasteiger partial charge on any atom is 0.257 e. The molecule has 5 nitrogen and oxygen atoms in total. The molecule has 1 aromatic rings. The van der Waals surface area contributed by atoms with Crippen LogP contribution in [0.4, 0.5) is 0 Å². The molecule has 1 aliphatic rings. The lowest BCUT2D eigenvalue weighted by molar-refractivity contribution is -0.182.